The van der Waals surface area contributed by atoms with E-state index < -0.39 is 11.7 Å². The monoisotopic (exact) mass is 374 g/mol. The van der Waals surface area contributed by atoms with Gasteiger partial charge in [-0.25, -0.2) is 0 Å². The molecule has 2 aromatic rings. The first-order valence-electron chi connectivity index (χ1n) is 9.26. The van der Waals surface area contributed by atoms with E-state index in [0.29, 0.717) is 17.8 Å². The SMILES string of the molecule is O=C1c2cc(CN3CCCCC3)cc(C(F)(F)F)c2CN1c1ccccc1. The fraction of sp³-hybridized carbons (Fsp3) is 0.381. The number of anilines is 1. The Hall–Kier alpha value is -2.34. The van der Waals surface area contributed by atoms with Crippen molar-refractivity contribution < 1.29 is 18.0 Å². The lowest BCUT2D eigenvalue weighted by molar-refractivity contribution is -0.138. The number of hydrogen-bond acceptors (Lipinski definition) is 2. The molecule has 2 aliphatic heterocycles. The summed E-state index contributed by atoms with van der Waals surface area (Å²) < 4.78 is 41.1. The molecule has 0 saturated carbocycles. The van der Waals surface area contributed by atoms with Crippen LogP contribution in [0.3, 0.4) is 0 Å². The average Bonchev–Trinajstić information content (AvgIpc) is 2.99. The van der Waals surface area contributed by atoms with Crippen LogP contribution in [0.2, 0.25) is 0 Å². The zero-order valence-corrected chi connectivity index (χ0v) is 14.9. The molecule has 0 atom stereocenters. The van der Waals surface area contributed by atoms with E-state index in [9.17, 15) is 18.0 Å². The fourth-order valence-electron chi connectivity index (χ4n) is 4.00. The second kappa shape index (κ2) is 7.00. The molecule has 2 aliphatic rings. The molecule has 0 bridgehead atoms. The number of hydrogen-bond donors (Lipinski definition) is 0. The van der Waals surface area contributed by atoms with Crippen LogP contribution in [-0.4, -0.2) is 23.9 Å². The van der Waals surface area contributed by atoms with Crippen molar-refractivity contribution in [3.8, 4) is 0 Å². The van der Waals surface area contributed by atoms with E-state index in [2.05, 4.69) is 4.90 Å². The number of carbonyl (C=O) groups excluding carboxylic acids is 1. The summed E-state index contributed by atoms with van der Waals surface area (Å²) in [7, 11) is 0. The van der Waals surface area contributed by atoms with Crippen molar-refractivity contribution in [2.45, 2.75) is 38.5 Å². The second-order valence-electron chi connectivity index (χ2n) is 7.23. The van der Waals surface area contributed by atoms with Gasteiger partial charge in [-0.05, 0) is 61.3 Å². The van der Waals surface area contributed by atoms with E-state index in [1.807, 2.05) is 6.07 Å². The maximum atomic E-state index is 13.7. The predicted octanol–water partition coefficient (Wildman–Crippen LogP) is 4.85. The molecule has 2 heterocycles. The number of carbonyl (C=O) groups is 1. The highest BCUT2D eigenvalue weighted by molar-refractivity contribution is 6.10. The van der Waals surface area contributed by atoms with Gasteiger partial charge in [-0.1, -0.05) is 24.6 Å². The molecular formula is C21H21F3N2O. The summed E-state index contributed by atoms with van der Waals surface area (Å²) in [6, 6.07) is 11.7. The van der Waals surface area contributed by atoms with Gasteiger partial charge in [-0.2, -0.15) is 13.2 Å². The van der Waals surface area contributed by atoms with E-state index in [1.165, 1.54) is 17.4 Å². The van der Waals surface area contributed by atoms with Crippen LogP contribution in [0.15, 0.2) is 42.5 Å². The molecule has 0 N–H and O–H groups in total. The minimum absolute atomic E-state index is 0.0446. The van der Waals surface area contributed by atoms with Gasteiger partial charge in [-0.3, -0.25) is 9.69 Å². The van der Waals surface area contributed by atoms with Crippen LogP contribution in [0.1, 0.15) is 46.3 Å². The third-order valence-electron chi connectivity index (χ3n) is 5.33. The van der Waals surface area contributed by atoms with Crippen molar-refractivity contribution in [3.05, 3.63) is 64.7 Å². The van der Waals surface area contributed by atoms with Crippen LogP contribution in [-0.2, 0) is 19.3 Å². The zero-order valence-electron chi connectivity index (χ0n) is 14.9. The Labute approximate surface area is 156 Å². The summed E-state index contributed by atoms with van der Waals surface area (Å²) in [5.41, 5.74) is 0.758. The normalized spacial score (nSPS) is 18.0. The summed E-state index contributed by atoms with van der Waals surface area (Å²) in [6.07, 6.45) is -1.18. The molecule has 0 aliphatic carbocycles. The lowest BCUT2D eigenvalue weighted by Crippen LogP contribution is -2.29. The Bertz CT molecular complexity index is 842. The molecule has 1 fully saturated rings. The third-order valence-corrected chi connectivity index (χ3v) is 5.33. The minimum atomic E-state index is -4.48. The molecule has 2 aromatic carbocycles. The van der Waals surface area contributed by atoms with Gasteiger partial charge >= 0.3 is 6.18 Å². The number of amides is 1. The number of benzene rings is 2. The smallest absolute Gasteiger partial charge is 0.304 e. The molecule has 4 rings (SSSR count). The van der Waals surface area contributed by atoms with Gasteiger partial charge in [0.1, 0.15) is 0 Å². The first kappa shape index (κ1) is 18.0. The highest BCUT2D eigenvalue weighted by Crippen LogP contribution is 2.39. The number of halogens is 3. The fourth-order valence-corrected chi connectivity index (χ4v) is 4.00. The van der Waals surface area contributed by atoms with Crippen LogP contribution in [0.5, 0.6) is 0 Å². The lowest BCUT2D eigenvalue weighted by Gasteiger charge is -2.27. The van der Waals surface area contributed by atoms with E-state index in [-0.39, 0.29) is 23.6 Å². The van der Waals surface area contributed by atoms with Crippen molar-refractivity contribution >= 4 is 11.6 Å². The Morgan fingerprint density at radius 2 is 1.67 bits per heavy atom. The van der Waals surface area contributed by atoms with Gasteiger partial charge in [0.2, 0.25) is 0 Å². The molecular weight excluding hydrogens is 353 g/mol. The van der Waals surface area contributed by atoms with Crippen LogP contribution in [0.25, 0.3) is 0 Å². The minimum Gasteiger partial charge on any atom is -0.304 e. The van der Waals surface area contributed by atoms with Crippen molar-refractivity contribution in [1.82, 2.24) is 4.90 Å². The molecule has 0 unspecified atom stereocenters. The van der Waals surface area contributed by atoms with Crippen molar-refractivity contribution in [3.63, 3.8) is 0 Å². The first-order chi connectivity index (χ1) is 12.9. The van der Waals surface area contributed by atoms with Crippen LogP contribution >= 0.6 is 0 Å². The summed E-state index contributed by atoms with van der Waals surface area (Å²) in [5, 5.41) is 0. The molecule has 0 radical (unpaired) electrons. The van der Waals surface area contributed by atoms with Crippen LogP contribution in [0.4, 0.5) is 18.9 Å². The predicted molar refractivity (Wildman–Crippen MR) is 97.5 cm³/mol. The Balaban J connectivity index is 1.71. The maximum absolute atomic E-state index is 13.7. The molecule has 142 valence electrons. The van der Waals surface area contributed by atoms with E-state index >= 15 is 0 Å². The molecule has 6 heteroatoms. The van der Waals surface area contributed by atoms with Crippen molar-refractivity contribution in [2.24, 2.45) is 0 Å². The number of alkyl halides is 3. The lowest BCUT2D eigenvalue weighted by atomic mass is 9.98. The summed E-state index contributed by atoms with van der Waals surface area (Å²) in [6.45, 7) is 2.19. The quantitative estimate of drug-likeness (QED) is 0.767. The summed E-state index contributed by atoms with van der Waals surface area (Å²) >= 11 is 0. The van der Waals surface area contributed by atoms with Crippen LogP contribution in [0, 0.1) is 0 Å². The maximum Gasteiger partial charge on any atom is 0.416 e. The van der Waals surface area contributed by atoms with Gasteiger partial charge in [0.25, 0.3) is 5.91 Å². The number of nitrogens with zero attached hydrogens (tertiary/aromatic N) is 2. The number of rotatable bonds is 3. The molecule has 1 saturated heterocycles. The van der Waals surface area contributed by atoms with Crippen LogP contribution < -0.4 is 4.90 Å². The van der Waals surface area contributed by atoms with E-state index in [1.54, 1.807) is 30.3 Å². The highest BCUT2D eigenvalue weighted by atomic mass is 19.4. The Kier molecular flexibility index (Phi) is 4.68. The van der Waals surface area contributed by atoms with Gasteiger partial charge in [0, 0.05) is 17.8 Å². The Morgan fingerprint density at radius 1 is 0.963 bits per heavy atom. The first-order valence-corrected chi connectivity index (χ1v) is 9.26. The standard InChI is InChI=1S/C21H21F3N2O/c22-21(23,24)19-12-15(13-25-9-5-2-6-10-25)11-17-18(19)14-26(20(17)27)16-7-3-1-4-8-16/h1,3-4,7-8,11-12H,2,5-6,9-10,13-14H2. The van der Waals surface area contributed by atoms with E-state index in [0.717, 1.165) is 25.9 Å². The average molecular weight is 374 g/mol. The summed E-state index contributed by atoms with van der Waals surface area (Å²) in [4.78, 5) is 16.5. The summed E-state index contributed by atoms with van der Waals surface area (Å²) in [5.74, 6) is -0.359. The molecule has 27 heavy (non-hydrogen) atoms. The van der Waals surface area contributed by atoms with Crippen molar-refractivity contribution in [2.75, 3.05) is 18.0 Å². The van der Waals surface area contributed by atoms with Gasteiger partial charge in [0.15, 0.2) is 0 Å². The number of likely N-dealkylation sites (tertiary alicyclic amines) is 1. The molecule has 1 amide bonds. The largest absolute Gasteiger partial charge is 0.416 e. The Morgan fingerprint density at radius 3 is 2.33 bits per heavy atom. The van der Waals surface area contributed by atoms with Gasteiger partial charge in [-0.15, -0.1) is 0 Å². The van der Waals surface area contributed by atoms with E-state index in [4.69, 9.17) is 0 Å². The van der Waals surface area contributed by atoms with Crippen molar-refractivity contribution in [1.29, 1.82) is 0 Å². The second-order valence-corrected chi connectivity index (χ2v) is 7.23. The highest BCUT2D eigenvalue weighted by Gasteiger charge is 2.40. The topological polar surface area (TPSA) is 23.6 Å². The number of piperidine rings is 1. The molecule has 0 spiro atoms. The van der Waals surface area contributed by atoms with Gasteiger partial charge < -0.3 is 4.90 Å². The van der Waals surface area contributed by atoms with Gasteiger partial charge in [0.05, 0.1) is 12.1 Å². The number of fused-ring (bicyclic) bond motifs is 1. The third kappa shape index (κ3) is 3.58. The molecule has 3 nitrogen and oxygen atoms in total. The molecule has 0 aromatic heterocycles. The number of para-hydroxylation sites is 1. The zero-order chi connectivity index (χ0) is 19.0.